The third kappa shape index (κ3) is 1.90. The molecule has 0 bridgehead atoms. The molecule has 21 heavy (non-hydrogen) atoms. The van der Waals surface area contributed by atoms with Crippen LogP contribution in [0.25, 0.3) is 0 Å². The standard InChI is InChI=1S/C15H19N3O3/c1-16-8-9-7-10(21-4)5-6-11(9)12-13(16)14(19)18(3)15(20)17(12)2/h5-7,12-13H,8H2,1-4H3. The number of nitrogens with zero attached hydrogens (tertiary/aromatic N) is 3. The van der Waals surface area contributed by atoms with E-state index in [1.165, 1.54) is 11.9 Å². The van der Waals surface area contributed by atoms with Crippen LogP contribution in [0.4, 0.5) is 4.79 Å². The van der Waals surface area contributed by atoms with Gasteiger partial charge >= 0.3 is 6.03 Å². The van der Waals surface area contributed by atoms with Crippen LogP contribution < -0.4 is 4.74 Å². The molecule has 3 amide bonds. The van der Waals surface area contributed by atoms with Gasteiger partial charge in [-0.15, -0.1) is 0 Å². The van der Waals surface area contributed by atoms with E-state index in [0.29, 0.717) is 6.54 Å². The van der Waals surface area contributed by atoms with Gasteiger partial charge < -0.3 is 9.64 Å². The Bertz CT molecular complexity index is 616. The fraction of sp³-hybridized carbons (Fsp3) is 0.467. The highest BCUT2D eigenvalue weighted by atomic mass is 16.5. The lowest BCUT2D eigenvalue weighted by Crippen LogP contribution is -2.63. The van der Waals surface area contributed by atoms with Gasteiger partial charge in [0.1, 0.15) is 11.8 Å². The van der Waals surface area contributed by atoms with Gasteiger partial charge in [-0.05, 0) is 30.3 Å². The van der Waals surface area contributed by atoms with Crippen LogP contribution in [0.5, 0.6) is 5.75 Å². The Morgan fingerprint density at radius 2 is 1.86 bits per heavy atom. The minimum absolute atomic E-state index is 0.146. The van der Waals surface area contributed by atoms with E-state index in [1.54, 1.807) is 19.1 Å². The first kappa shape index (κ1) is 13.9. The summed E-state index contributed by atoms with van der Waals surface area (Å²) in [6.07, 6.45) is 0. The first-order valence-corrected chi connectivity index (χ1v) is 6.87. The number of hydrogen-bond donors (Lipinski definition) is 0. The SMILES string of the molecule is COc1ccc2c(c1)CN(C)C1C(=O)N(C)C(=O)N(C)C21. The number of methoxy groups -OCH3 is 1. The topological polar surface area (TPSA) is 53.1 Å². The van der Waals surface area contributed by atoms with Crippen molar-refractivity contribution < 1.29 is 14.3 Å². The van der Waals surface area contributed by atoms with Crippen LogP contribution in [0, 0.1) is 0 Å². The minimum atomic E-state index is -0.335. The molecular weight excluding hydrogens is 270 g/mol. The van der Waals surface area contributed by atoms with Gasteiger partial charge in [0.05, 0.1) is 13.2 Å². The van der Waals surface area contributed by atoms with Crippen molar-refractivity contribution in [3.8, 4) is 5.75 Å². The van der Waals surface area contributed by atoms with Gasteiger partial charge in [-0.25, -0.2) is 4.79 Å². The Labute approximate surface area is 123 Å². The molecule has 0 spiro atoms. The van der Waals surface area contributed by atoms with Crippen LogP contribution in [0.1, 0.15) is 17.2 Å². The van der Waals surface area contributed by atoms with Crippen LogP contribution in [-0.2, 0) is 11.3 Å². The molecule has 0 aromatic heterocycles. The number of likely N-dealkylation sites (N-methyl/N-ethyl adjacent to an activating group) is 3. The predicted molar refractivity (Wildman–Crippen MR) is 76.9 cm³/mol. The summed E-state index contributed by atoms with van der Waals surface area (Å²) in [5.41, 5.74) is 2.12. The quantitative estimate of drug-likeness (QED) is 0.776. The van der Waals surface area contributed by atoms with Crippen molar-refractivity contribution in [1.82, 2.24) is 14.7 Å². The number of rotatable bonds is 1. The van der Waals surface area contributed by atoms with Crippen LogP contribution in [0.15, 0.2) is 18.2 Å². The number of urea groups is 1. The Hall–Kier alpha value is -2.08. The van der Waals surface area contributed by atoms with Crippen molar-refractivity contribution in [3.05, 3.63) is 29.3 Å². The molecule has 6 heteroatoms. The summed E-state index contributed by atoms with van der Waals surface area (Å²) in [6, 6.07) is 4.96. The molecule has 2 heterocycles. The maximum Gasteiger partial charge on any atom is 0.326 e. The second kappa shape index (κ2) is 4.73. The first-order valence-electron chi connectivity index (χ1n) is 6.87. The third-order valence-electron chi connectivity index (χ3n) is 4.45. The van der Waals surface area contributed by atoms with E-state index in [1.807, 2.05) is 30.1 Å². The van der Waals surface area contributed by atoms with Crippen LogP contribution in [0.2, 0.25) is 0 Å². The van der Waals surface area contributed by atoms with Crippen LogP contribution >= 0.6 is 0 Å². The smallest absolute Gasteiger partial charge is 0.326 e. The maximum atomic E-state index is 12.5. The number of amides is 3. The highest BCUT2D eigenvalue weighted by Gasteiger charge is 2.48. The number of imide groups is 1. The lowest BCUT2D eigenvalue weighted by Gasteiger charge is -2.48. The number of carbonyl (C=O) groups excluding carboxylic acids is 2. The van der Waals surface area contributed by atoms with Crippen molar-refractivity contribution >= 4 is 11.9 Å². The number of hydrogen-bond acceptors (Lipinski definition) is 4. The average molecular weight is 289 g/mol. The molecule has 1 saturated heterocycles. The Balaban J connectivity index is 2.12. The Morgan fingerprint density at radius 1 is 1.14 bits per heavy atom. The molecule has 1 aromatic carbocycles. The third-order valence-corrected chi connectivity index (χ3v) is 4.45. The lowest BCUT2D eigenvalue weighted by molar-refractivity contribution is -0.139. The van der Waals surface area contributed by atoms with E-state index < -0.39 is 0 Å². The first-order chi connectivity index (χ1) is 9.95. The molecule has 1 aromatic rings. The lowest BCUT2D eigenvalue weighted by atomic mass is 9.86. The fourth-order valence-corrected chi connectivity index (χ4v) is 3.30. The Kier molecular flexibility index (Phi) is 3.13. The molecule has 0 aliphatic carbocycles. The maximum absolute atomic E-state index is 12.5. The summed E-state index contributed by atoms with van der Waals surface area (Å²) < 4.78 is 5.26. The van der Waals surface area contributed by atoms with E-state index >= 15 is 0 Å². The molecule has 112 valence electrons. The molecule has 0 saturated carbocycles. The molecular formula is C15H19N3O3. The summed E-state index contributed by atoms with van der Waals surface area (Å²) in [5.74, 6) is 0.640. The van der Waals surface area contributed by atoms with E-state index in [0.717, 1.165) is 16.9 Å². The molecule has 0 N–H and O–H groups in total. The number of ether oxygens (including phenoxy) is 1. The summed E-state index contributed by atoms with van der Waals surface area (Å²) >= 11 is 0. The predicted octanol–water partition coefficient (Wildman–Crippen LogP) is 1.07. The highest BCUT2D eigenvalue weighted by Crippen LogP contribution is 2.39. The zero-order valence-corrected chi connectivity index (χ0v) is 12.7. The van der Waals surface area contributed by atoms with Gasteiger partial charge in [-0.1, -0.05) is 6.07 Å². The largest absolute Gasteiger partial charge is 0.497 e. The normalized spacial score (nSPS) is 25.7. The van der Waals surface area contributed by atoms with Crippen molar-refractivity contribution in [1.29, 1.82) is 0 Å². The van der Waals surface area contributed by atoms with Crippen molar-refractivity contribution in [2.75, 3.05) is 28.3 Å². The summed E-state index contributed by atoms with van der Waals surface area (Å²) in [6.45, 7) is 0.662. The van der Waals surface area contributed by atoms with Crippen molar-refractivity contribution in [3.63, 3.8) is 0 Å². The molecule has 2 atom stereocenters. The Morgan fingerprint density at radius 3 is 2.52 bits per heavy atom. The van der Waals surface area contributed by atoms with Gasteiger partial charge in [0.2, 0.25) is 5.91 Å². The van der Waals surface area contributed by atoms with Gasteiger partial charge in [0.25, 0.3) is 0 Å². The molecule has 2 aliphatic heterocycles. The summed E-state index contributed by atoms with van der Waals surface area (Å²) in [7, 11) is 6.83. The van der Waals surface area contributed by atoms with Gasteiger partial charge in [-0.3, -0.25) is 14.6 Å². The van der Waals surface area contributed by atoms with E-state index in [4.69, 9.17) is 4.74 Å². The second-order valence-corrected chi connectivity index (χ2v) is 5.66. The van der Waals surface area contributed by atoms with E-state index in [-0.39, 0.29) is 24.0 Å². The fourth-order valence-electron chi connectivity index (χ4n) is 3.30. The molecule has 2 aliphatic rings. The zero-order valence-electron chi connectivity index (χ0n) is 12.7. The summed E-state index contributed by atoms with van der Waals surface area (Å²) in [4.78, 5) is 29.5. The molecule has 1 fully saturated rings. The molecule has 3 rings (SSSR count). The van der Waals surface area contributed by atoms with Crippen LogP contribution in [0.3, 0.4) is 0 Å². The van der Waals surface area contributed by atoms with Gasteiger partial charge in [-0.2, -0.15) is 0 Å². The second-order valence-electron chi connectivity index (χ2n) is 5.66. The van der Waals surface area contributed by atoms with Crippen LogP contribution in [-0.4, -0.2) is 60.9 Å². The van der Waals surface area contributed by atoms with Gasteiger partial charge in [0, 0.05) is 20.6 Å². The molecule has 0 radical (unpaired) electrons. The monoisotopic (exact) mass is 289 g/mol. The molecule has 6 nitrogen and oxygen atoms in total. The average Bonchev–Trinajstić information content (AvgIpc) is 2.48. The highest BCUT2D eigenvalue weighted by molar-refractivity contribution is 6.00. The summed E-state index contributed by atoms with van der Waals surface area (Å²) in [5, 5.41) is 0. The zero-order chi connectivity index (χ0) is 15.3. The number of benzene rings is 1. The molecule has 2 unspecified atom stereocenters. The minimum Gasteiger partial charge on any atom is -0.497 e. The van der Waals surface area contributed by atoms with E-state index in [9.17, 15) is 9.59 Å². The number of fused-ring (bicyclic) bond motifs is 3. The van der Waals surface area contributed by atoms with E-state index in [2.05, 4.69) is 0 Å². The van der Waals surface area contributed by atoms with Crippen molar-refractivity contribution in [2.24, 2.45) is 0 Å². The van der Waals surface area contributed by atoms with Crippen molar-refractivity contribution in [2.45, 2.75) is 18.6 Å². The van der Waals surface area contributed by atoms with Gasteiger partial charge in [0.15, 0.2) is 0 Å². The number of carbonyl (C=O) groups is 2.